The lowest BCUT2D eigenvalue weighted by atomic mass is 9.98. The van der Waals surface area contributed by atoms with Gasteiger partial charge in [-0.2, -0.15) is 0 Å². The first-order valence-electron chi connectivity index (χ1n) is 5.74. The third-order valence-corrected chi connectivity index (χ3v) is 3.13. The van der Waals surface area contributed by atoms with Crippen molar-refractivity contribution in [3.05, 3.63) is 23.0 Å². The average Bonchev–Trinajstić information content (AvgIpc) is 2.41. The normalized spacial score (nSPS) is 11.8. The largest absolute Gasteiger partial charge is 0.478 e. The van der Waals surface area contributed by atoms with E-state index in [1.54, 1.807) is 6.07 Å². The van der Waals surface area contributed by atoms with Crippen LogP contribution in [0, 0.1) is 13.8 Å². The van der Waals surface area contributed by atoms with Crippen LogP contribution in [0.3, 0.4) is 0 Å². The molecule has 1 aromatic rings. The van der Waals surface area contributed by atoms with Gasteiger partial charge in [0.25, 0.3) is 0 Å². The molecule has 0 saturated heterocycles. The molecule has 0 amide bonds. The fourth-order valence-electron chi connectivity index (χ4n) is 2.63. The second-order valence-electron chi connectivity index (χ2n) is 4.99. The Morgan fingerprint density at radius 1 is 1.44 bits per heavy atom. The zero-order valence-electron chi connectivity index (χ0n) is 10.8. The van der Waals surface area contributed by atoms with E-state index in [1.807, 2.05) is 13.8 Å². The van der Waals surface area contributed by atoms with E-state index in [0.717, 1.165) is 24.2 Å². The van der Waals surface area contributed by atoms with Crippen molar-refractivity contribution < 1.29 is 9.90 Å². The lowest BCUT2D eigenvalue weighted by molar-refractivity contribution is 0.0695. The summed E-state index contributed by atoms with van der Waals surface area (Å²) in [6.07, 6.45) is 2.13. The van der Waals surface area contributed by atoms with Crippen LogP contribution in [0.15, 0.2) is 6.07 Å². The molecule has 0 radical (unpaired) electrons. The number of hydrogen-bond donors (Lipinski definition) is 1. The van der Waals surface area contributed by atoms with Crippen LogP contribution in [-0.2, 0) is 5.54 Å². The molecule has 3 heteroatoms. The zero-order chi connectivity index (χ0) is 12.5. The van der Waals surface area contributed by atoms with Gasteiger partial charge in [0, 0.05) is 16.9 Å². The minimum atomic E-state index is -0.841. The first kappa shape index (κ1) is 12.8. The highest BCUT2D eigenvalue weighted by atomic mass is 16.4. The van der Waals surface area contributed by atoms with E-state index in [1.165, 1.54) is 0 Å². The van der Waals surface area contributed by atoms with Gasteiger partial charge in [0.1, 0.15) is 0 Å². The molecule has 0 aliphatic heterocycles. The van der Waals surface area contributed by atoms with Gasteiger partial charge >= 0.3 is 5.97 Å². The van der Waals surface area contributed by atoms with Crippen LogP contribution in [0.4, 0.5) is 0 Å². The minimum absolute atomic E-state index is 0.0172. The third kappa shape index (κ3) is 2.13. The Balaban J connectivity index is 3.29. The summed E-state index contributed by atoms with van der Waals surface area (Å²) in [4.78, 5) is 11.1. The number of carboxylic acid groups (broad SMARTS) is 1. The second-order valence-corrected chi connectivity index (χ2v) is 4.99. The molecule has 0 aromatic carbocycles. The van der Waals surface area contributed by atoms with Crippen molar-refractivity contribution >= 4 is 5.97 Å². The molecule has 0 aliphatic rings. The van der Waals surface area contributed by atoms with Gasteiger partial charge < -0.3 is 9.67 Å². The molecule has 0 fully saturated rings. The zero-order valence-corrected chi connectivity index (χ0v) is 10.8. The SMILES string of the molecule is CCCC(C)(C)n1c(C)cc(C(=O)O)c1C. The molecule has 0 saturated carbocycles. The van der Waals surface area contributed by atoms with E-state index in [9.17, 15) is 4.79 Å². The Kier molecular flexibility index (Phi) is 3.46. The van der Waals surface area contributed by atoms with Gasteiger partial charge in [-0.25, -0.2) is 4.79 Å². The van der Waals surface area contributed by atoms with E-state index < -0.39 is 5.97 Å². The van der Waals surface area contributed by atoms with Gasteiger partial charge in [0.2, 0.25) is 0 Å². The number of carbonyl (C=O) groups is 1. The number of rotatable bonds is 4. The highest BCUT2D eigenvalue weighted by molar-refractivity contribution is 5.89. The van der Waals surface area contributed by atoms with Gasteiger partial charge in [-0.05, 0) is 40.2 Å². The molecule has 0 aliphatic carbocycles. The summed E-state index contributed by atoms with van der Waals surface area (Å²) in [5.41, 5.74) is 2.27. The van der Waals surface area contributed by atoms with Gasteiger partial charge in [0.15, 0.2) is 0 Å². The number of nitrogens with zero attached hydrogens (tertiary/aromatic N) is 1. The van der Waals surface area contributed by atoms with E-state index in [2.05, 4.69) is 25.3 Å². The predicted octanol–water partition coefficient (Wildman–Crippen LogP) is 3.34. The number of aromatic nitrogens is 1. The molecule has 1 rings (SSSR count). The molecular weight excluding hydrogens is 202 g/mol. The van der Waals surface area contributed by atoms with Crippen LogP contribution in [0.5, 0.6) is 0 Å². The van der Waals surface area contributed by atoms with E-state index in [-0.39, 0.29) is 5.54 Å². The maximum Gasteiger partial charge on any atom is 0.337 e. The monoisotopic (exact) mass is 223 g/mol. The number of carboxylic acids is 1. The average molecular weight is 223 g/mol. The minimum Gasteiger partial charge on any atom is -0.478 e. The number of hydrogen-bond acceptors (Lipinski definition) is 1. The van der Waals surface area contributed by atoms with Crippen molar-refractivity contribution in [2.75, 3.05) is 0 Å². The molecule has 0 atom stereocenters. The van der Waals surface area contributed by atoms with Crippen molar-refractivity contribution in [1.29, 1.82) is 0 Å². The topological polar surface area (TPSA) is 42.2 Å². The Hall–Kier alpha value is -1.25. The molecule has 0 unspecified atom stereocenters. The molecule has 1 N–H and O–H groups in total. The van der Waals surface area contributed by atoms with E-state index >= 15 is 0 Å². The Labute approximate surface area is 97.1 Å². The highest BCUT2D eigenvalue weighted by Gasteiger charge is 2.25. The summed E-state index contributed by atoms with van der Waals surface area (Å²) in [5.74, 6) is -0.841. The Morgan fingerprint density at radius 2 is 2.00 bits per heavy atom. The maximum atomic E-state index is 11.1. The fourth-order valence-corrected chi connectivity index (χ4v) is 2.63. The van der Waals surface area contributed by atoms with Crippen molar-refractivity contribution in [1.82, 2.24) is 4.57 Å². The number of aryl methyl sites for hydroxylation is 1. The van der Waals surface area contributed by atoms with Gasteiger partial charge in [-0.3, -0.25) is 0 Å². The molecule has 16 heavy (non-hydrogen) atoms. The molecule has 1 aromatic heterocycles. The summed E-state index contributed by atoms with van der Waals surface area (Å²) in [6, 6.07) is 1.76. The van der Waals surface area contributed by atoms with Gasteiger partial charge in [-0.1, -0.05) is 13.3 Å². The van der Waals surface area contributed by atoms with Crippen molar-refractivity contribution in [3.63, 3.8) is 0 Å². The third-order valence-electron chi connectivity index (χ3n) is 3.13. The van der Waals surface area contributed by atoms with Crippen LogP contribution in [0.25, 0.3) is 0 Å². The summed E-state index contributed by atoms with van der Waals surface area (Å²) in [6.45, 7) is 10.3. The van der Waals surface area contributed by atoms with Crippen molar-refractivity contribution in [2.24, 2.45) is 0 Å². The van der Waals surface area contributed by atoms with Crippen LogP contribution in [0.1, 0.15) is 55.4 Å². The lowest BCUT2D eigenvalue weighted by Gasteiger charge is -2.30. The van der Waals surface area contributed by atoms with Crippen molar-refractivity contribution in [3.8, 4) is 0 Å². The van der Waals surface area contributed by atoms with Gasteiger partial charge in [-0.15, -0.1) is 0 Å². The summed E-state index contributed by atoms with van der Waals surface area (Å²) in [7, 11) is 0. The quantitative estimate of drug-likeness (QED) is 0.850. The maximum absolute atomic E-state index is 11.1. The van der Waals surface area contributed by atoms with Crippen LogP contribution < -0.4 is 0 Å². The molecule has 90 valence electrons. The smallest absolute Gasteiger partial charge is 0.337 e. The number of aromatic carboxylic acids is 1. The van der Waals surface area contributed by atoms with E-state index in [0.29, 0.717) is 5.56 Å². The molecule has 0 bridgehead atoms. The van der Waals surface area contributed by atoms with Crippen molar-refractivity contribution in [2.45, 2.75) is 53.0 Å². The summed E-state index contributed by atoms with van der Waals surface area (Å²) >= 11 is 0. The van der Waals surface area contributed by atoms with E-state index in [4.69, 9.17) is 5.11 Å². The lowest BCUT2D eigenvalue weighted by Crippen LogP contribution is -2.28. The summed E-state index contributed by atoms with van der Waals surface area (Å²) in [5, 5.41) is 9.09. The Bertz CT molecular complexity index is 402. The predicted molar refractivity (Wildman–Crippen MR) is 65.1 cm³/mol. The molecule has 1 heterocycles. The standard InChI is InChI=1S/C13H21NO2/c1-6-7-13(4,5)14-9(2)8-11(10(14)3)12(15)16/h8H,6-7H2,1-5H3,(H,15,16). The molecule has 0 spiro atoms. The Morgan fingerprint density at radius 3 is 2.38 bits per heavy atom. The second kappa shape index (κ2) is 4.32. The summed E-state index contributed by atoms with van der Waals surface area (Å²) < 4.78 is 2.14. The highest BCUT2D eigenvalue weighted by Crippen LogP contribution is 2.28. The first-order chi connectivity index (χ1) is 7.31. The van der Waals surface area contributed by atoms with Crippen LogP contribution in [0.2, 0.25) is 0 Å². The first-order valence-corrected chi connectivity index (χ1v) is 5.74. The fraction of sp³-hybridized carbons (Fsp3) is 0.615. The van der Waals surface area contributed by atoms with Crippen LogP contribution >= 0.6 is 0 Å². The van der Waals surface area contributed by atoms with Crippen LogP contribution in [-0.4, -0.2) is 15.6 Å². The molecular formula is C13H21NO2. The molecule has 3 nitrogen and oxygen atoms in total. The van der Waals surface area contributed by atoms with Gasteiger partial charge in [0.05, 0.1) is 5.56 Å².